The second kappa shape index (κ2) is 12.1. The third-order valence-corrected chi connectivity index (χ3v) is 8.29. The molecule has 41 heavy (non-hydrogen) atoms. The van der Waals surface area contributed by atoms with Crippen molar-refractivity contribution < 1.29 is 33.6 Å². The summed E-state index contributed by atoms with van der Waals surface area (Å²) < 4.78 is 29.3. The molecule has 2 saturated heterocycles. The Morgan fingerprint density at radius 2 is 1.76 bits per heavy atom. The molecular weight excluding hydrogens is 520 g/mol. The molecule has 1 N–H and O–H groups in total. The summed E-state index contributed by atoms with van der Waals surface area (Å²) in [5.74, 6) is 0.715. The Kier molecular flexibility index (Phi) is 8.71. The minimum absolute atomic E-state index is 0.0306. The van der Waals surface area contributed by atoms with Crippen molar-refractivity contribution in [3.63, 3.8) is 0 Å². The van der Waals surface area contributed by atoms with Gasteiger partial charge in [0.05, 0.1) is 37.4 Å². The van der Waals surface area contributed by atoms with E-state index in [9.17, 15) is 9.90 Å². The Morgan fingerprint density at radius 3 is 2.37 bits per heavy atom. The number of epoxide rings is 2. The van der Waals surface area contributed by atoms with Crippen LogP contribution in [-0.2, 0) is 30.3 Å². The van der Waals surface area contributed by atoms with Gasteiger partial charge >= 0.3 is 5.97 Å². The zero-order valence-electron chi connectivity index (χ0n) is 24.7. The number of aliphatic hydroxyl groups excluding tert-OH is 1. The monoisotopic (exact) mass is 562 g/mol. The molecule has 0 bridgehead atoms. The van der Waals surface area contributed by atoms with E-state index in [0.717, 1.165) is 29.7 Å². The van der Waals surface area contributed by atoms with Crippen LogP contribution in [0.5, 0.6) is 11.5 Å². The molecule has 1 spiro atoms. The summed E-state index contributed by atoms with van der Waals surface area (Å²) >= 11 is 0. The van der Waals surface area contributed by atoms with Crippen molar-refractivity contribution in [3.05, 3.63) is 77.4 Å². The molecule has 220 valence electrons. The van der Waals surface area contributed by atoms with Crippen molar-refractivity contribution in [2.45, 2.75) is 96.1 Å². The number of aliphatic hydroxyl groups is 1. The van der Waals surface area contributed by atoms with Crippen LogP contribution >= 0.6 is 0 Å². The highest BCUT2D eigenvalue weighted by Crippen LogP contribution is 2.59. The topological polar surface area (TPSA) is 90.0 Å². The second-order valence-corrected chi connectivity index (χ2v) is 12.2. The number of rotatable bonds is 11. The normalized spacial score (nSPS) is 30.4. The number of carbonyl (C=O) groups excluding carboxylic acids is 1. The van der Waals surface area contributed by atoms with E-state index in [1.807, 2.05) is 69.3 Å². The van der Waals surface area contributed by atoms with Crippen LogP contribution in [0.4, 0.5) is 0 Å². The van der Waals surface area contributed by atoms with Crippen molar-refractivity contribution in [1.29, 1.82) is 0 Å². The van der Waals surface area contributed by atoms with Gasteiger partial charge in [0, 0.05) is 6.08 Å². The van der Waals surface area contributed by atoms with Crippen LogP contribution in [0, 0.1) is 5.92 Å². The Morgan fingerprint density at radius 1 is 1.10 bits per heavy atom. The number of ether oxygens (including phenoxy) is 5. The standard InChI is InChI=1S/C34H42O7/c1-22(2)6-16-29-33(5,41-29)32-31(36)28(18-19-34(32)21-38-34)40-30(35)17-11-24-7-12-26(13-8-24)39-27-14-9-25(10-15-27)20-37-23(3)4/h6-15,17,23,28-29,31-32,36H,16,18-21H2,1-5H3/b17-11+/t28-,29?,31-,32?,33?,34?/m1/s1. The predicted octanol–water partition coefficient (Wildman–Crippen LogP) is 6.38. The molecule has 1 aliphatic carbocycles. The fraction of sp³-hybridized carbons (Fsp3) is 0.500. The zero-order chi connectivity index (χ0) is 29.2. The highest BCUT2D eigenvalue weighted by atomic mass is 16.6. The number of allylic oxidation sites excluding steroid dienone is 1. The molecular formula is C34H42O7. The van der Waals surface area contributed by atoms with Crippen LogP contribution in [-0.4, -0.2) is 53.3 Å². The molecule has 2 aliphatic heterocycles. The SMILES string of the molecule is CC(C)=CCC1OC1(C)C1[C@H](O)[C@H](OC(=O)/C=C/c2ccc(Oc3ccc(COC(C)C)cc3)cc2)CCC12CO2. The molecule has 2 aromatic carbocycles. The quantitative estimate of drug-likeness (QED) is 0.147. The summed E-state index contributed by atoms with van der Waals surface area (Å²) in [6.45, 7) is 11.4. The summed E-state index contributed by atoms with van der Waals surface area (Å²) in [6.07, 6.45) is 6.13. The van der Waals surface area contributed by atoms with Crippen molar-refractivity contribution in [2.75, 3.05) is 6.61 Å². The highest BCUT2D eigenvalue weighted by molar-refractivity contribution is 5.87. The van der Waals surface area contributed by atoms with Gasteiger partial charge in [0.1, 0.15) is 28.8 Å². The lowest BCUT2D eigenvalue weighted by atomic mass is 9.68. The van der Waals surface area contributed by atoms with E-state index in [0.29, 0.717) is 25.4 Å². The fourth-order valence-corrected chi connectivity index (χ4v) is 5.87. The Balaban J connectivity index is 1.13. The van der Waals surface area contributed by atoms with Crippen molar-refractivity contribution in [1.82, 2.24) is 0 Å². The maximum absolute atomic E-state index is 12.7. The first-order valence-electron chi connectivity index (χ1n) is 14.6. The molecule has 3 fully saturated rings. The lowest BCUT2D eigenvalue weighted by Crippen LogP contribution is -2.54. The van der Waals surface area contributed by atoms with Gasteiger partial charge in [-0.2, -0.15) is 0 Å². The molecule has 0 radical (unpaired) electrons. The Hall–Kier alpha value is -2.97. The largest absolute Gasteiger partial charge is 0.457 e. The Labute approximate surface area is 243 Å². The van der Waals surface area contributed by atoms with E-state index in [-0.39, 0.29) is 23.7 Å². The molecule has 7 nitrogen and oxygen atoms in total. The van der Waals surface area contributed by atoms with Crippen molar-refractivity contribution >= 4 is 12.0 Å². The maximum Gasteiger partial charge on any atom is 0.331 e. The van der Waals surface area contributed by atoms with E-state index in [2.05, 4.69) is 19.9 Å². The van der Waals surface area contributed by atoms with Crippen LogP contribution < -0.4 is 4.74 Å². The first kappa shape index (κ1) is 29.5. The van der Waals surface area contributed by atoms with Gasteiger partial charge in [0.25, 0.3) is 0 Å². The number of hydrogen-bond acceptors (Lipinski definition) is 7. The van der Waals surface area contributed by atoms with Gasteiger partial charge in [-0.1, -0.05) is 35.9 Å². The summed E-state index contributed by atoms with van der Waals surface area (Å²) in [5.41, 5.74) is 2.30. The molecule has 1 saturated carbocycles. The van der Waals surface area contributed by atoms with Crippen LogP contribution in [0.15, 0.2) is 66.3 Å². The zero-order valence-corrected chi connectivity index (χ0v) is 24.7. The smallest absolute Gasteiger partial charge is 0.331 e. The molecule has 2 heterocycles. The molecule has 0 amide bonds. The third kappa shape index (κ3) is 7.09. The van der Waals surface area contributed by atoms with Crippen LogP contribution in [0.3, 0.4) is 0 Å². The van der Waals surface area contributed by atoms with E-state index in [4.69, 9.17) is 23.7 Å². The first-order chi connectivity index (χ1) is 19.6. The minimum atomic E-state index is -0.849. The summed E-state index contributed by atoms with van der Waals surface area (Å²) in [4.78, 5) is 12.7. The van der Waals surface area contributed by atoms with Gasteiger partial charge in [-0.3, -0.25) is 0 Å². The van der Waals surface area contributed by atoms with E-state index < -0.39 is 23.8 Å². The van der Waals surface area contributed by atoms with Crippen molar-refractivity contribution in [3.8, 4) is 11.5 Å². The van der Waals surface area contributed by atoms with Gasteiger partial charge in [-0.15, -0.1) is 0 Å². The lowest BCUT2D eigenvalue weighted by Gasteiger charge is -2.40. The molecule has 2 aromatic rings. The maximum atomic E-state index is 12.7. The van der Waals surface area contributed by atoms with Gasteiger partial charge in [-0.25, -0.2) is 4.79 Å². The molecule has 7 heteroatoms. The fourth-order valence-electron chi connectivity index (χ4n) is 5.87. The summed E-state index contributed by atoms with van der Waals surface area (Å²) in [7, 11) is 0. The lowest BCUT2D eigenvalue weighted by molar-refractivity contribution is -0.162. The van der Waals surface area contributed by atoms with Crippen LogP contribution in [0.1, 0.15) is 65.0 Å². The highest BCUT2D eigenvalue weighted by Gasteiger charge is 2.71. The van der Waals surface area contributed by atoms with Crippen LogP contribution in [0.2, 0.25) is 0 Å². The van der Waals surface area contributed by atoms with E-state index >= 15 is 0 Å². The van der Waals surface area contributed by atoms with Gasteiger partial charge in [0.15, 0.2) is 0 Å². The molecule has 5 rings (SSSR count). The number of hydrogen-bond donors (Lipinski definition) is 1. The van der Waals surface area contributed by atoms with Gasteiger partial charge in [-0.05, 0) is 95.3 Å². The number of benzene rings is 2. The Bertz CT molecular complexity index is 1250. The van der Waals surface area contributed by atoms with E-state index in [1.165, 1.54) is 11.6 Å². The second-order valence-electron chi connectivity index (χ2n) is 12.2. The van der Waals surface area contributed by atoms with Gasteiger partial charge < -0.3 is 28.8 Å². The minimum Gasteiger partial charge on any atom is -0.457 e. The molecule has 3 aliphatic rings. The molecule has 4 unspecified atom stereocenters. The van der Waals surface area contributed by atoms with Gasteiger partial charge in [0.2, 0.25) is 0 Å². The number of carbonyl (C=O) groups is 1. The summed E-state index contributed by atoms with van der Waals surface area (Å²) in [5, 5.41) is 11.3. The average molecular weight is 563 g/mol. The van der Waals surface area contributed by atoms with E-state index in [1.54, 1.807) is 6.08 Å². The van der Waals surface area contributed by atoms with Crippen LogP contribution in [0.25, 0.3) is 6.08 Å². The van der Waals surface area contributed by atoms with Crippen molar-refractivity contribution in [2.24, 2.45) is 5.92 Å². The number of esters is 1. The summed E-state index contributed by atoms with van der Waals surface area (Å²) in [6, 6.07) is 15.3. The molecule has 6 atom stereocenters. The predicted molar refractivity (Wildman–Crippen MR) is 157 cm³/mol. The third-order valence-electron chi connectivity index (χ3n) is 8.29. The average Bonchev–Trinajstić information content (AvgIpc) is 3.85. The molecule has 0 aromatic heterocycles. The first-order valence-corrected chi connectivity index (χ1v) is 14.6.